The zero-order valence-corrected chi connectivity index (χ0v) is 12.9. The number of aryl methyl sites for hydroxylation is 1. The standard InChI is InChI=1S/C15H21BrN2O/c1-10-2-3-12(14(16)8-10)9-18-13-6-4-11(5-7-13)15(17)19/h2-3,8,11,13,18H,4-7,9H2,1H3,(H2,17,19). The van der Waals surface area contributed by atoms with Gasteiger partial charge in [0, 0.05) is 23.0 Å². The molecule has 0 saturated heterocycles. The van der Waals surface area contributed by atoms with Gasteiger partial charge in [0.25, 0.3) is 0 Å². The van der Waals surface area contributed by atoms with Crippen LogP contribution in [0.1, 0.15) is 36.8 Å². The van der Waals surface area contributed by atoms with Gasteiger partial charge in [-0.2, -0.15) is 0 Å². The average Bonchev–Trinajstić information content (AvgIpc) is 2.38. The molecule has 4 heteroatoms. The van der Waals surface area contributed by atoms with Gasteiger partial charge in [-0.15, -0.1) is 0 Å². The molecule has 2 rings (SSSR count). The van der Waals surface area contributed by atoms with Gasteiger partial charge in [0.2, 0.25) is 5.91 Å². The van der Waals surface area contributed by atoms with E-state index in [0.717, 1.165) is 36.7 Å². The van der Waals surface area contributed by atoms with Crippen LogP contribution in [0, 0.1) is 12.8 Å². The summed E-state index contributed by atoms with van der Waals surface area (Å²) in [5, 5.41) is 3.58. The van der Waals surface area contributed by atoms with Gasteiger partial charge in [-0.05, 0) is 49.8 Å². The van der Waals surface area contributed by atoms with Gasteiger partial charge < -0.3 is 11.1 Å². The Kier molecular flexibility index (Phi) is 4.99. The maximum Gasteiger partial charge on any atom is 0.220 e. The molecular formula is C15H21BrN2O. The van der Waals surface area contributed by atoms with Crippen LogP contribution in [0.5, 0.6) is 0 Å². The smallest absolute Gasteiger partial charge is 0.220 e. The van der Waals surface area contributed by atoms with Gasteiger partial charge in [0.05, 0.1) is 0 Å². The predicted molar refractivity (Wildman–Crippen MR) is 80.7 cm³/mol. The Morgan fingerprint density at radius 3 is 2.63 bits per heavy atom. The molecular weight excluding hydrogens is 304 g/mol. The molecule has 0 radical (unpaired) electrons. The molecule has 1 saturated carbocycles. The summed E-state index contributed by atoms with van der Waals surface area (Å²) >= 11 is 3.60. The number of rotatable bonds is 4. The van der Waals surface area contributed by atoms with E-state index in [1.54, 1.807) is 0 Å². The lowest BCUT2D eigenvalue weighted by molar-refractivity contribution is -0.122. The lowest BCUT2D eigenvalue weighted by Gasteiger charge is -2.27. The Morgan fingerprint density at radius 2 is 2.05 bits per heavy atom. The molecule has 3 nitrogen and oxygen atoms in total. The third kappa shape index (κ3) is 4.05. The molecule has 0 aromatic heterocycles. The monoisotopic (exact) mass is 324 g/mol. The number of hydrogen-bond donors (Lipinski definition) is 2. The molecule has 1 amide bonds. The van der Waals surface area contributed by atoms with E-state index in [1.165, 1.54) is 11.1 Å². The van der Waals surface area contributed by atoms with Gasteiger partial charge in [-0.25, -0.2) is 0 Å². The summed E-state index contributed by atoms with van der Waals surface area (Å²) in [6, 6.07) is 6.93. The quantitative estimate of drug-likeness (QED) is 0.894. The highest BCUT2D eigenvalue weighted by atomic mass is 79.9. The van der Waals surface area contributed by atoms with Crippen molar-refractivity contribution >= 4 is 21.8 Å². The van der Waals surface area contributed by atoms with E-state index in [-0.39, 0.29) is 11.8 Å². The second-order valence-corrected chi connectivity index (χ2v) is 6.28. The van der Waals surface area contributed by atoms with Crippen molar-refractivity contribution in [2.75, 3.05) is 0 Å². The third-order valence-electron chi connectivity index (χ3n) is 3.92. The topological polar surface area (TPSA) is 55.1 Å². The van der Waals surface area contributed by atoms with E-state index in [4.69, 9.17) is 5.73 Å². The van der Waals surface area contributed by atoms with Crippen LogP contribution in [0.25, 0.3) is 0 Å². The summed E-state index contributed by atoms with van der Waals surface area (Å²) in [7, 11) is 0. The van der Waals surface area contributed by atoms with E-state index in [2.05, 4.69) is 46.4 Å². The Hall–Kier alpha value is -0.870. The Morgan fingerprint density at radius 1 is 1.37 bits per heavy atom. The van der Waals surface area contributed by atoms with Crippen molar-refractivity contribution in [3.8, 4) is 0 Å². The normalized spacial score (nSPS) is 23.3. The van der Waals surface area contributed by atoms with Crippen LogP contribution in [0.2, 0.25) is 0 Å². The van der Waals surface area contributed by atoms with E-state index in [9.17, 15) is 4.79 Å². The van der Waals surface area contributed by atoms with E-state index >= 15 is 0 Å². The highest BCUT2D eigenvalue weighted by Crippen LogP contribution is 2.25. The molecule has 0 spiro atoms. The van der Waals surface area contributed by atoms with Gasteiger partial charge in [0.1, 0.15) is 0 Å². The number of hydrogen-bond acceptors (Lipinski definition) is 2. The molecule has 19 heavy (non-hydrogen) atoms. The van der Waals surface area contributed by atoms with Crippen LogP contribution < -0.4 is 11.1 Å². The maximum absolute atomic E-state index is 11.1. The maximum atomic E-state index is 11.1. The number of halogens is 1. The first-order chi connectivity index (χ1) is 9.06. The second kappa shape index (κ2) is 6.53. The van der Waals surface area contributed by atoms with Crippen molar-refractivity contribution in [1.82, 2.24) is 5.32 Å². The lowest BCUT2D eigenvalue weighted by atomic mass is 9.85. The zero-order valence-electron chi connectivity index (χ0n) is 11.3. The van der Waals surface area contributed by atoms with Crippen LogP contribution in [-0.4, -0.2) is 11.9 Å². The Bertz CT molecular complexity index is 453. The van der Waals surface area contributed by atoms with Crippen LogP contribution in [0.3, 0.4) is 0 Å². The summed E-state index contributed by atoms with van der Waals surface area (Å²) in [4.78, 5) is 11.1. The number of carbonyl (C=O) groups excluding carboxylic acids is 1. The average molecular weight is 325 g/mol. The summed E-state index contributed by atoms with van der Waals surface area (Å²) < 4.78 is 1.16. The fourth-order valence-corrected chi connectivity index (χ4v) is 3.27. The van der Waals surface area contributed by atoms with Crippen molar-refractivity contribution in [2.24, 2.45) is 11.7 Å². The molecule has 0 heterocycles. The lowest BCUT2D eigenvalue weighted by Crippen LogP contribution is -2.36. The van der Waals surface area contributed by atoms with E-state index in [1.807, 2.05) is 0 Å². The largest absolute Gasteiger partial charge is 0.369 e. The number of nitrogens with one attached hydrogen (secondary N) is 1. The molecule has 0 bridgehead atoms. The molecule has 104 valence electrons. The summed E-state index contributed by atoms with van der Waals surface area (Å²) in [5.74, 6) is -0.0520. The van der Waals surface area contributed by atoms with Crippen LogP contribution >= 0.6 is 15.9 Å². The van der Waals surface area contributed by atoms with Crippen molar-refractivity contribution in [2.45, 2.75) is 45.2 Å². The number of benzene rings is 1. The molecule has 1 fully saturated rings. The molecule has 1 aromatic carbocycles. The predicted octanol–water partition coefficient (Wildman–Crippen LogP) is 2.89. The zero-order chi connectivity index (χ0) is 13.8. The van der Waals surface area contributed by atoms with Crippen molar-refractivity contribution in [3.63, 3.8) is 0 Å². The first kappa shape index (κ1) is 14.5. The fraction of sp³-hybridized carbons (Fsp3) is 0.533. The van der Waals surface area contributed by atoms with E-state index < -0.39 is 0 Å². The van der Waals surface area contributed by atoms with Gasteiger partial charge in [0.15, 0.2) is 0 Å². The van der Waals surface area contributed by atoms with Gasteiger partial charge in [-0.3, -0.25) is 4.79 Å². The molecule has 3 N–H and O–H groups in total. The summed E-state index contributed by atoms with van der Waals surface area (Å²) in [6.07, 6.45) is 3.91. The number of amides is 1. The number of primary amides is 1. The molecule has 1 aliphatic rings. The molecule has 0 aliphatic heterocycles. The molecule has 1 aliphatic carbocycles. The third-order valence-corrected chi connectivity index (χ3v) is 4.66. The first-order valence-electron chi connectivity index (χ1n) is 6.84. The van der Waals surface area contributed by atoms with Crippen LogP contribution in [0.4, 0.5) is 0 Å². The summed E-state index contributed by atoms with van der Waals surface area (Å²) in [6.45, 7) is 2.96. The highest BCUT2D eigenvalue weighted by Gasteiger charge is 2.24. The summed E-state index contributed by atoms with van der Waals surface area (Å²) in [5.41, 5.74) is 7.89. The van der Waals surface area contributed by atoms with Gasteiger partial charge in [-0.1, -0.05) is 28.1 Å². The fourth-order valence-electron chi connectivity index (χ4n) is 2.63. The van der Waals surface area contributed by atoms with Crippen molar-refractivity contribution < 1.29 is 4.79 Å². The van der Waals surface area contributed by atoms with Crippen LogP contribution in [-0.2, 0) is 11.3 Å². The SMILES string of the molecule is Cc1ccc(CNC2CCC(C(N)=O)CC2)c(Br)c1. The minimum absolute atomic E-state index is 0.0872. The number of carbonyl (C=O) groups is 1. The molecule has 0 unspecified atom stereocenters. The molecule has 0 atom stereocenters. The van der Waals surface area contributed by atoms with Crippen LogP contribution in [0.15, 0.2) is 22.7 Å². The molecule has 1 aromatic rings. The Labute approximate surface area is 123 Å². The second-order valence-electron chi connectivity index (χ2n) is 5.43. The first-order valence-corrected chi connectivity index (χ1v) is 7.63. The number of nitrogens with two attached hydrogens (primary N) is 1. The minimum atomic E-state index is -0.139. The Balaban J connectivity index is 1.82. The van der Waals surface area contributed by atoms with E-state index in [0.29, 0.717) is 6.04 Å². The highest BCUT2D eigenvalue weighted by molar-refractivity contribution is 9.10. The van der Waals surface area contributed by atoms with Gasteiger partial charge >= 0.3 is 0 Å². The van der Waals surface area contributed by atoms with Crippen molar-refractivity contribution in [1.29, 1.82) is 0 Å². The minimum Gasteiger partial charge on any atom is -0.369 e. The van der Waals surface area contributed by atoms with Crippen molar-refractivity contribution in [3.05, 3.63) is 33.8 Å².